The summed E-state index contributed by atoms with van der Waals surface area (Å²) in [7, 11) is 1.48. The molecule has 0 unspecified atom stereocenters. The molecule has 2 aromatic carbocycles. The van der Waals surface area contributed by atoms with Gasteiger partial charge in [0, 0.05) is 0 Å². The predicted molar refractivity (Wildman–Crippen MR) is 114 cm³/mol. The van der Waals surface area contributed by atoms with E-state index in [1.165, 1.54) is 17.7 Å². The second-order valence-electron chi connectivity index (χ2n) is 6.36. The average molecular weight is 410 g/mol. The Kier molecular flexibility index (Phi) is 6.20. The number of hydrazone groups is 1. The summed E-state index contributed by atoms with van der Waals surface area (Å²) in [6.07, 6.45) is 2.64. The van der Waals surface area contributed by atoms with E-state index in [0.717, 1.165) is 6.42 Å². The Bertz CT molecular complexity index is 1040. The highest BCUT2D eigenvalue weighted by Gasteiger charge is 2.28. The van der Waals surface area contributed by atoms with E-state index < -0.39 is 0 Å². The number of ether oxygens (including phenoxy) is 2. The van der Waals surface area contributed by atoms with Crippen LogP contribution in [0.2, 0.25) is 5.02 Å². The Morgan fingerprint density at radius 2 is 2.00 bits per heavy atom. The number of methoxy groups -OCH3 is 1. The second kappa shape index (κ2) is 8.80. The molecular weight excluding hydrogens is 390 g/mol. The molecule has 29 heavy (non-hydrogen) atoms. The van der Waals surface area contributed by atoms with E-state index in [4.69, 9.17) is 26.3 Å². The summed E-state index contributed by atoms with van der Waals surface area (Å²) in [5.74, 6) is 0.455. The minimum absolute atomic E-state index is 0.146. The molecule has 1 amide bonds. The Morgan fingerprint density at radius 3 is 2.62 bits per heavy atom. The van der Waals surface area contributed by atoms with Gasteiger partial charge in [0.1, 0.15) is 6.07 Å². The summed E-state index contributed by atoms with van der Waals surface area (Å²) in [5.41, 5.74) is 3.64. The van der Waals surface area contributed by atoms with Gasteiger partial charge in [-0.1, -0.05) is 30.7 Å². The minimum atomic E-state index is -0.216. The van der Waals surface area contributed by atoms with Crippen LogP contribution in [0.5, 0.6) is 11.5 Å². The lowest BCUT2D eigenvalue weighted by Gasteiger charge is -2.13. The van der Waals surface area contributed by atoms with Gasteiger partial charge in [0.05, 0.1) is 29.1 Å². The van der Waals surface area contributed by atoms with Crippen LogP contribution >= 0.6 is 11.6 Å². The summed E-state index contributed by atoms with van der Waals surface area (Å²) in [6.45, 7) is 3.72. The van der Waals surface area contributed by atoms with Crippen molar-refractivity contribution in [2.24, 2.45) is 5.10 Å². The van der Waals surface area contributed by atoms with Crippen molar-refractivity contribution >= 4 is 35.0 Å². The average Bonchev–Trinajstić information content (AvgIpc) is 3.01. The molecule has 1 aliphatic rings. The first-order valence-electron chi connectivity index (χ1n) is 9.06. The summed E-state index contributed by atoms with van der Waals surface area (Å²) >= 11 is 6.29. The van der Waals surface area contributed by atoms with Gasteiger partial charge in [-0.15, -0.1) is 0 Å². The molecule has 0 bridgehead atoms. The van der Waals surface area contributed by atoms with Crippen LogP contribution in [0.25, 0.3) is 6.08 Å². The molecule has 0 N–H and O–H groups in total. The highest BCUT2D eigenvalue weighted by atomic mass is 35.5. The quantitative estimate of drug-likeness (QED) is 0.652. The van der Waals surface area contributed by atoms with Crippen molar-refractivity contribution in [3.05, 3.63) is 58.1 Å². The van der Waals surface area contributed by atoms with E-state index in [0.29, 0.717) is 39.1 Å². The molecule has 148 valence electrons. The number of nitriles is 1. The molecule has 1 aliphatic heterocycles. The third-order valence-corrected chi connectivity index (χ3v) is 4.78. The van der Waals surface area contributed by atoms with E-state index in [2.05, 4.69) is 12.0 Å². The summed E-state index contributed by atoms with van der Waals surface area (Å²) in [4.78, 5) is 12.9. The molecule has 0 aromatic heterocycles. The van der Waals surface area contributed by atoms with E-state index in [9.17, 15) is 4.79 Å². The fourth-order valence-electron chi connectivity index (χ4n) is 2.97. The lowest BCUT2D eigenvalue weighted by molar-refractivity contribution is -0.114. The van der Waals surface area contributed by atoms with E-state index in [-0.39, 0.29) is 12.5 Å². The monoisotopic (exact) mass is 409 g/mol. The zero-order chi connectivity index (χ0) is 21.0. The molecule has 0 fully saturated rings. The molecule has 0 aliphatic carbocycles. The predicted octanol–water partition coefficient (Wildman–Crippen LogP) is 4.62. The molecule has 6 nitrogen and oxygen atoms in total. The number of rotatable bonds is 6. The van der Waals surface area contributed by atoms with Crippen molar-refractivity contribution in [2.75, 3.05) is 18.7 Å². The van der Waals surface area contributed by atoms with Crippen molar-refractivity contribution in [3.8, 4) is 17.6 Å². The van der Waals surface area contributed by atoms with Crippen molar-refractivity contribution < 1.29 is 14.3 Å². The number of amides is 1. The van der Waals surface area contributed by atoms with Crippen LogP contribution in [0.4, 0.5) is 5.69 Å². The number of benzene rings is 2. The molecule has 7 heteroatoms. The molecule has 2 aromatic rings. The van der Waals surface area contributed by atoms with Gasteiger partial charge in [-0.3, -0.25) is 4.79 Å². The zero-order valence-corrected chi connectivity index (χ0v) is 17.2. The van der Waals surface area contributed by atoms with E-state index in [1.54, 1.807) is 25.1 Å². The van der Waals surface area contributed by atoms with Crippen LogP contribution in [0.3, 0.4) is 0 Å². The lowest BCUT2D eigenvalue weighted by Crippen LogP contribution is -2.21. The molecule has 0 saturated heterocycles. The van der Waals surface area contributed by atoms with Crippen molar-refractivity contribution in [3.63, 3.8) is 0 Å². The van der Waals surface area contributed by atoms with Gasteiger partial charge in [0.2, 0.25) is 0 Å². The molecule has 0 spiro atoms. The molecule has 3 rings (SSSR count). The Hall–Kier alpha value is -3.30. The van der Waals surface area contributed by atoms with Gasteiger partial charge in [0.15, 0.2) is 18.1 Å². The molecule has 0 radical (unpaired) electrons. The van der Waals surface area contributed by atoms with Gasteiger partial charge in [-0.2, -0.15) is 15.4 Å². The molecule has 0 atom stereocenters. The number of carbonyl (C=O) groups excluding carboxylic acids is 1. The normalized spacial score (nSPS) is 14.7. The van der Waals surface area contributed by atoms with Gasteiger partial charge in [-0.25, -0.2) is 0 Å². The van der Waals surface area contributed by atoms with Gasteiger partial charge >= 0.3 is 0 Å². The number of aryl methyl sites for hydroxylation is 1. The maximum atomic E-state index is 12.9. The maximum absolute atomic E-state index is 12.9. The number of carbonyl (C=O) groups is 1. The Balaban J connectivity index is 1.92. The van der Waals surface area contributed by atoms with Crippen LogP contribution in [-0.4, -0.2) is 25.3 Å². The molecular formula is C22H20ClN3O3. The number of hydrogen-bond acceptors (Lipinski definition) is 5. The van der Waals surface area contributed by atoms with E-state index >= 15 is 0 Å². The first-order valence-corrected chi connectivity index (χ1v) is 9.44. The molecule has 1 heterocycles. The largest absolute Gasteiger partial charge is 0.493 e. The summed E-state index contributed by atoms with van der Waals surface area (Å²) < 4.78 is 10.7. The second-order valence-corrected chi connectivity index (χ2v) is 6.77. The number of halogens is 1. The maximum Gasteiger partial charge on any atom is 0.280 e. The van der Waals surface area contributed by atoms with Crippen LogP contribution in [0, 0.1) is 11.3 Å². The van der Waals surface area contributed by atoms with Gasteiger partial charge in [0.25, 0.3) is 5.91 Å². The van der Waals surface area contributed by atoms with Crippen LogP contribution < -0.4 is 14.5 Å². The highest BCUT2D eigenvalue weighted by Crippen LogP contribution is 2.37. The standard InChI is InChI=1S/C22H20ClN3O3/c1-4-15-5-7-17(8-6-15)26-22(27)18(14(2)25-26)11-16-12-19(23)21(29-10-9-24)20(13-16)28-3/h5-8,11-13H,4,10H2,1-3H3. The van der Waals surface area contributed by atoms with Crippen molar-refractivity contribution in [1.82, 2.24) is 0 Å². The summed E-state index contributed by atoms with van der Waals surface area (Å²) in [6, 6.07) is 13.0. The first-order chi connectivity index (χ1) is 14.0. The smallest absolute Gasteiger partial charge is 0.280 e. The third-order valence-electron chi connectivity index (χ3n) is 4.50. The fourth-order valence-corrected chi connectivity index (χ4v) is 3.24. The first kappa shape index (κ1) is 20.4. The van der Waals surface area contributed by atoms with E-state index in [1.807, 2.05) is 30.3 Å². The van der Waals surface area contributed by atoms with Gasteiger partial charge < -0.3 is 9.47 Å². The third kappa shape index (κ3) is 4.25. The Labute approximate surface area is 174 Å². The number of hydrogen-bond donors (Lipinski definition) is 0. The molecule has 0 saturated carbocycles. The summed E-state index contributed by atoms with van der Waals surface area (Å²) in [5, 5.41) is 14.8. The SMILES string of the molecule is CCc1ccc(N2N=C(C)C(=Cc3cc(Cl)c(OCC#N)c(OC)c3)C2=O)cc1. The van der Waals surface area contributed by atoms with Crippen LogP contribution in [0.15, 0.2) is 47.1 Å². The van der Waals surface area contributed by atoms with Crippen LogP contribution in [0.1, 0.15) is 25.0 Å². The number of anilines is 1. The fraction of sp³-hybridized carbons (Fsp3) is 0.227. The van der Waals surface area contributed by atoms with Crippen LogP contribution in [-0.2, 0) is 11.2 Å². The van der Waals surface area contributed by atoms with Crippen molar-refractivity contribution in [1.29, 1.82) is 5.26 Å². The minimum Gasteiger partial charge on any atom is -0.493 e. The lowest BCUT2D eigenvalue weighted by atomic mass is 10.1. The van der Waals surface area contributed by atoms with Gasteiger partial charge in [-0.05, 0) is 54.8 Å². The topological polar surface area (TPSA) is 74.9 Å². The highest BCUT2D eigenvalue weighted by molar-refractivity contribution is 6.33. The van der Waals surface area contributed by atoms with Crippen molar-refractivity contribution in [2.45, 2.75) is 20.3 Å². The number of nitrogens with zero attached hydrogens (tertiary/aromatic N) is 3. The zero-order valence-electron chi connectivity index (χ0n) is 16.4. The Morgan fingerprint density at radius 1 is 1.28 bits per heavy atom.